The van der Waals surface area contributed by atoms with Crippen LogP contribution >= 0.6 is 11.8 Å². The van der Waals surface area contributed by atoms with Crippen LogP contribution < -0.4 is 5.84 Å². The molecule has 8 nitrogen and oxygen atoms in total. The van der Waals surface area contributed by atoms with Crippen LogP contribution in [0.15, 0.2) is 57.3 Å². The van der Waals surface area contributed by atoms with Crippen LogP contribution in [0.25, 0.3) is 0 Å². The van der Waals surface area contributed by atoms with E-state index in [4.69, 9.17) is 10.3 Å². The molecule has 1 amide bonds. The molecule has 0 saturated heterocycles. The number of aryl methyl sites for hydroxylation is 2. The average Bonchev–Trinajstić information content (AvgIpc) is 3.42. The van der Waals surface area contributed by atoms with Crippen molar-refractivity contribution in [2.45, 2.75) is 31.5 Å². The molecule has 2 N–H and O–H groups in total. The molecular formula is C19H20N6O2S. The minimum absolute atomic E-state index is 0.144. The van der Waals surface area contributed by atoms with Crippen LogP contribution in [0.2, 0.25) is 0 Å². The number of aromatic nitrogens is 3. The van der Waals surface area contributed by atoms with E-state index in [0.717, 1.165) is 11.3 Å². The highest BCUT2D eigenvalue weighted by Gasteiger charge is 2.34. The minimum Gasteiger partial charge on any atom is -0.467 e. The van der Waals surface area contributed by atoms with Gasteiger partial charge in [0.05, 0.1) is 17.7 Å². The highest BCUT2D eigenvalue weighted by atomic mass is 32.2. The van der Waals surface area contributed by atoms with Crippen molar-refractivity contribution in [1.82, 2.24) is 19.9 Å². The van der Waals surface area contributed by atoms with Crippen LogP contribution in [-0.4, -0.2) is 37.3 Å². The van der Waals surface area contributed by atoms with Crippen LogP contribution in [0.4, 0.5) is 0 Å². The molecule has 0 unspecified atom stereocenters. The second-order valence-corrected chi connectivity index (χ2v) is 7.52. The third kappa shape index (κ3) is 3.53. The molecule has 1 aliphatic rings. The lowest BCUT2D eigenvalue weighted by molar-refractivity contribution is -0.130. The van der Waals surface area contributed by atoms with Gasteiger partial charge >= 0.3 is 0 Å². The maximum atomic E-state index is 12.9. The lowest BCUT2D eigenvalue weighted by Gasteiger charge is -2.19. The standard InChI is InChI=1S/C19H20N6O2S/c1-12-5-7-14(8-6-12)15-10-16(17-4-3-9-27-17)25(23-15)18(26)11-28-19-22-21-13(2)24(19)20/h3-9,16H,10-11,20H2,1-2H3/t16-/m1/s1. The lowest BCUT2D eigenvalue weighted by Crippen LogP contribution is -2.28. The van der Waals surface area contributed by atoms with E-state index < -0.39 is 0 Å². The summed E-state index contributed by atoms with van der Waals surface area (Å²) < 4.78 is 6.93. The first-order chi connectivity index (χ1) is 13.5. The molecule has 0 spiro atoms. The van der Waals surface area contributed by atoms with Crippen LogP contribution in [0, 0.1) is 13.8 Å². The van der Waals surface area contributed by atoms with E-state index in [9.17, 15) is 4.79 Å². The molecule has 4 rings (SSSR count). The highest BCUT2D eigenvalue weighted by molar-refractivity contribution is 7.99. The van der Waals surface area contributed by atoms with Crippen molar-refractivity contribution in [2.75, 3.05) is 11.6 Å². The largest absolute Gasteiger partial charge is 0.467 e. The predicted octanol–water partition coefficient (Wildman–Crippen LogP) is 2.67. The van der Waals surface area contributed by atoms with Gasteiger partial charge in [-0.05, 0) is 31.5 Å². The van der Waals surface area contributed by atoms with Crippen molar-refractivity contribution in [3.8, 4) is 0 Å². The first-order valence-electron chi connectivity index (χ1n) is 8.83. The van der Waals surface area contributed by atoms with E-state index in [2.05, 4.69) is 15.3 Å². The summed E-state index contributed by atoms with van der Waals surface area (Å²) in [6.07, 6.45) is 2.20. The number of hydrazone groups is 1. The maximum absolute atomic E-state index is 12.9. The smallest absolute Gasteiger partial charge is 0.253 e. The number of carbonyl (C=O) groups is 1. The van der Waals surface area contributed by atoms with Crippen molar-refractivity contribution in [2.24, 2.45) is 5.10 Å². The number of furan rings is 1. The summed E-state index contributed by atoms with van der Waals surface area (Å²) in [5, 5.41) is 14.5. The Morgan fingerprint density at radius 2 is 2.04 bits per heavy atom. The van der Waals surface area contributed by atoms with Gasteiger partial charge in [-0.3, -0.25) is 4.79 Å². The van der Waals surface area contributed by atoms with Crippen molar-refractivity contribution in [3.05, 3.63) is 65.4 Å². The normalized spacial score (nSPS) is 16.4. The first kappa shape index (κ1) is 18.3. The number of thioether (sulfide) groups is 1. The number of nitrogens with two attached hydrogens (primary N) is 1. The third-order valence-corrected chi connectivity index (χ3v) is 5.51. The molecule has 3 aromatic rings. The topological polar surface area (TPSA) is 103 Å². The Bertz CT molecular complexity index is 1010. The van der Waals surface area contributed by atoms with Gasteiger partial charge in [0, 0.05) is 6.42 Å². The molecule has 0 fully saturated rings. The number of nitrogen functional groups attached to an aromatic ring is 1. The molecule has 144 valence electrons. The average molecular weight is 396 g/mol. The molecular weight excluding hydrogens is 376 g/mol. The van der Waals surface area contributed by atoms with Gasteiger partial charge in [0.1, 0.15) is 17.6 Å². The zero-order valence-electron chi connectivity index (χ0n) is 15.6. The Morgan fingerprint density at radius 3 is 2.68 bits per heavy atom. The summed E-state index contributed by atoms with van der Waals surface area (Å²) in [5.41, 5.74) is 3.04. The number of hydrogen-bond acceptors (Lipinski definition) is 7. The van der Waals surface area contributed by atoms with Gasteiger partial charge in [0.2, 0.25) is 5.16 Å². The zero-order valence-corrected chi connectivity index (χ0v) is 16.4. The van der Waals surface area contributed by atoms with Gasteiger partial charge in [-0.15, -0.1) is 10.2 Å². The summed E-state index contributed by atoms with van der Waals surface area (Å²) in [5.74, 6) is 7.16. The molecule has 3 heterocycles. The van der Waals surface area contributed by atoms with E-state index in [-0.39, 0.29) is 17.7 Å². The van der Waals surface area contributed by atoms with Crippen molar-refractivity contribution in [1.29, 1.82) is 0 Å². The van der Waals surface area contributed by atoms with Crippen molar-refractivity contribution in [3.63, 3.8) is 0 Å². The van der Waals surface area contributed by atoms with Gasteiger partial charge in [-0.2, -0.15) is 5.10 Å². The number of hydrogen-bond donors (Lipinski definition) is 1. The SMILES string of the molecule is Cc1ccc(C2=NN(C(=O)CSc3nnc(C)n3N)[C@@H](c3ccco3)C2)cc1. The molecule has 0 saturated carbocycles. The van der Waals surface area contributed by atoms with E-state index >= 15 is 0 Å². The number of benzene rings is 1. The number of rotatable bonds is 5. The third-order valence-electron chi connectivity index (χ3n) is 4.58. The monoisotopic (exact) mass is 396 g/mol. The molecule has 0 radical (unpaired) electrons. The first-order valence-corrected chi connectivity index (χ1v) is 9.81. The minimum atomic E-state index is -0.267. The van der Waals surface area contributed by atoms with Crippen molar-refractivity contribution >= 4 is 23.4 Å². The summed E-state index contributed by atoms with van der Waals surface area (Å²) in [6.45, 7) is 3.79. The quantitative estimate of drug-likeness (QED) is 0.525. The molecule has 9 heteroatoms. The number of carbonyl (C=O) groups excluding carboxylic acids is 1. The molecule has 1 aliphatic heterocycles. The highest BCUT2D eigenvalue weighted by Crippen LogP contribution is 2.33. The molecule has 0 bridgehead atoms. The Balaban J connectivity index is 1.56. The van der Waals surface area contributed by atoms with Crippen molar-refractivity contribution < 1.29 is 9.21 Å². The van der Waals surface area contributed by atoms with E-state index in [0.29, 0.717) is 23.2 Å². The molecule has 0 aliphatic carbocycles. The summed E-state index contributed by atoms with van der Waals surface area (Å²) in [6, 6.07) is 11.5. The molecule has 1 atom stereocenters. The Labute approximate surface area is 166 Å². The summed E-state index contributed by atoms with van der Waals surface area (Å²) in [7, 11) is 0. The van der Waals surface area contributed by atoms with Crippen LogP contribution in [0.5, 0.6) is 0 Å². The van der Waals surface area contributed by atoms with E-state index in [1.807, 2.05) is 43.3 Å². The fourth-order valence-electron chi connectivity index (χ4n) is 3.00. The van der Waals surface area contributed by atoms with Gasteiger partial charge < -0.3 is 10.3 Å². The lowest BCUT2D eigenvalue weighted by atomic mass is 10.0. The van der Waals surface area contributed by atoms with Gasteiger partial charge in [0.25, 0.3) is 5.91 Å². The van der Waals surface area contributed by atoms with Crippen LogP contribution in [0.1, 0.15) is 35.2 Å². The zero-order chi connectivity index (χ0) is 19.7. The summed E-state index contributed by atoms with van der Waals surface area (Å²) in [4.78, 5) is 12.9. The fourth-order valence-corrected chi connectivity index (χ4v) is 3.76. The second-order valence-electron chi connectivity index (χ2n) is 6.57. The molecule has 1 aromatic carbocycles. The van der Waals surface area contributed by atoms with E-state index in [1.165, 1.54) is 27.0 Å². The molecule has 28 heavy (non-hydrogen) atoms. The van der Waals surface area contributed by atoms with Gasteiger partial charge in [-0.1, -0.05) is 41.6 Å². The van der Waals surface area contributed by atoms with Gasteiger partial charge in [-0.25, -0.2) is 9.69 Å². The van der Waals surface area contributed by atoms with Gasteiger partial charge in [0.15, 0.2) is 0 Å². The Hall–Kier alpha value is -3.07. The number of amides is 1. The number of nitrogens with zero attached hydrogens (tertiary/aromatic N) is 5. The fraction of sp³-hybridized carbons (Fsp3) is 0.263. The van der Waals surface area contributed by atoms with Crippen LogP contribution in [0.3, 0.4) is 0 Å². The Kier molecular flexibility index (Phi) is 4.91. The maximum Gasteiger partial charge on any atom is 0.253 e. The summed E-state index contributed by atoms with van der Waals surface area (Å²) >= 11 is 1.23. The predicted molar refractivity (Wildman–Crippen MR) is 106 cm³/mol. The molecule has 2 aromatic heterocycles. The second kappa shape index (κ2) is 7.51. The Morgan fingerprint density at radius 1 is 1.25 bits per heavy atom. The van der Waals surface area contributed by atoms with Crippen LogP contribution in [-0.2, 0) is 4.79 Å². The van der Waals surface area contributed by atoms with E-state index in [1.54, 1.807) is 13.2 Å².